The molecule has 3 aromatic carbocycles. The molecule has 1 unspecified atom stereocenters. The normalized spacial score (nSPS) is 11.9. The number of anilines is 1. The lowest BCUT2D eigenvalue weighted by atomic mass is 10.1. The van der Waals surface area contributed by atoms with E-state index in [4.69, 9.17) is 9.47 Å². The predicted molar refractivity (Wildman–Crippen MR) is 99.8 cm³/mol. The van der Waals surface area contributed by atoms with Crippen LogP contribution in [0.2, 0.25) is 0 Å². The fourth-order valence-electron chi connectivity index (χ4n) is 2.64. The molecule has 0 aliphatic heterocycles. The molecule has 0 heterocycles. The van der Waals surface area contributed by atoms with Crippen LogP contribution < -0.4 is 10.1 Å². The van der Waals surface area contributed by atoms with Crippen molar-refractivity contribution in [3.63, 3.8) is 0 Å². The molecule has 4 nitrogen and oxygen atoms in total. The molecule has 0 aliphatic carbocycles. The molecule has 3 rings (SSSR count). The van der Waals surface area contributed by atoms with Crippen molar-refractivity contribution < 1.29 is 14.3 Å². The van der Waals surface area contributed by atoms with Crippen molar-refractivity contribution >= 4 is 22.4 Å². The molecular weight excluding hydrogens is 314 g/mol. The van der Waals surface area contributed by atoms with E-state index in [0.29, 0.717) is 12.4 Å². The molecule has 1 amide bonds. The largest absolute Gasteiger partial charge is 0.480 e. The summed E-state index contributed by atoms with van der Waals surface area (Å²) in [5, 5.41) is 4.95. The summed E-state index contributed by atoms with van der Waals surface area (Å²) in [7, 11) is 1.65. The topological polar surface area (TPSA) is 47.6 Å². The maximum absolute atomic E-state index is 12.4. The van der Waals surface area contributed by atoms with Gasteiger partial charge in [0.2, 0.25) is 0 Å². The second-order valence-electron chi connectivity index (χ2n) is 5.86. The van der Waals surface area contributed by atoms with Crippen LogP contribution in [-0.4, -0.2) is 19.1 Å². The lowest BCUT2D eigenvalue weighted by molar-refractivity contribution is -0.122. The summed E-state index contributed by atoms with van der Waals surface area (Å²) < 4.78 is 11.0. The molecule has 1 N–H and O–H groups in total. The van der Waals surface area contributed by atoms with Crippen molar-refractivity contribution in [2.45, 2.75) is 19.6 Å². The van der Waals surface area contributed by atoms with Gasteiger partial charge < -0.3 is 14.8 Å². The Morgan fingerprint density at radius 1 is 1.00 bits per heavy atom. The first-order chi connectivity index (χ1) is 12.2. The van der Waals surface area contributed by atoms with Gasteiger partial charge in [0.25, 0.3) is 5.91 Å². The van der Waals surface area contributed by atoms with Crippen molar-refractivity contribution in [1.29, 1.82) is 0 Å². The fourth-order valence-corrected chi connectivity index (χ4v) is 2.64. The molecule has 25 heavy (non-hydrogen) atoms. The van der Waals surface area contributed by atoms with E-state index >= 15 is 0 Å². The van der Waals surface area contributed by atoms with E-state index in [9.17, 15) is 4.79 Å². The Labute approximate surface area is 147 Å². The van der Waals surface area contributed by atoms with E-state index in [1.807, 2.05) is 66.7 Å². The lowest BCUT2D eigenvalue weighted by Crippen LogP contribution is -2.30. The Bertz CT molecular complexity index is 853. The number of hydrogen-bond acceptors (Lipinski definition) is 3. The van der Waals surface area contributed by atoms with Crippen LogP contribution in [0.15, 0.2) is 66.7 Å². The maximum atomic E-state index is 12.4. The van der Waals surface area contributed by atoms with Gasteiger partial charge in [-0.25, -0.2) is 0 Å². The minimum atomic E-state index is -0.607. The Morgan fingerprint density at radius 3 is 2.48 bits per heavy atom. The van der Waals surface area contributed by atoms with Crippen molar-refractivity contribution in [3.05, 3.63) is 72.3 Å². The number of nitrogens with one attached hydrogen (secondary N) is 1. The van der Waals surface area contributed by atoms with E-state index in [2.05, 4.69) is 5.32 Å². The van der Waals surface area contributed by atoms with Crippen molar-refractivity contribution in [1.82, 2.24) is 0 Å². The second kappa shape index (κ2) is 7.81. The number of hydrogen-bond donors (Lipinski definition) is 1. The van der Waals surface area contributed by atoms with Crippen LogP contribution in [0.3, 0.4) is 0 Å². The van der Waals surface area contributed by atoms with E-state index in [0.717, 1.165) is 22.0 Å². The zero-order chi connectivity index (χ0) is 17.6. The van der Waals surface area contributed by atoms with E-state index in [-0.39, 0.29) is 5.91 Å². The molecule has 1 atom stereocenters. The molecule has 0 radical (unpaired) electrons. The van der Waals surface area contributed by atoms with Crippen LogP contribution in [0.25, 0.3) is 10.8 Å². The standard InChI is InChI=1S/C21H21NO3/c1-15(21(23)22-18-12-10-16(11-13-18)14-24-2)25-20-9-5-7-17-6-3-4-8-19(17)20/h3-13,15H,14H2,1-2H3,(H,22,23). The Kier molecular flexibility index (Phi) is 5.31. The van der Waals surface area contributed by atoms with E-state index < -0.39 is 6.10 Å². The molecule has 0 fully saturated rings. The van der Waals surface area contributed by atoms with Crippen LogP contribution in [0.5, 0.6) is 5.75 Å². The first kappa shape index (κ1) is 17.0. The number of methoxy groups -OCH3 is 1. The molecule has 4 heteroatoms. The van der Waals surface area contributed by atoms with Gasteiger partial charge in [0.15, 0.2) is 6.10 Å². The van der Waals surface area contributed by atoms with Gasteiger partial charge in [0.05, 0.1) is 6.61 Å². The predicted octanol–water partition coefficient (Wildman–Crippen LogP) is 4.39. The Hall–Kier alpha value is -2.85. The van der Waals surface area contributed by atoms with Gasteiger partial charge in [-0.15, -0.1) is 0 Å². The number of fused-ring (bicyclic) bond motifs is 1. The number of ether oxygens (including phenoxy) is 2. The van der Waals surface area contributed by atoms with E-state index in [1.54, 1.807) is 14.0 Å². The Balaban J connectivity index is 1.68. The third kappa shape index (κ3) is 4.17. The molecule has 0 saturated heterocycles. The number of carbonyl (C=O) groups excluding carboxylic acids is 1. The Morgan fingerprint density at radius 2 is 1.72 bits per heavy atom. The van der Waals surface area contributed by atoms with Gasteiger partial charge in [-0.1, -0.05) is 48.5 Å². The second-order valence-corrected chi connectivity index (χ2v) is 5.86. The maximum Gasteiger partial charge on any atom is 0.265 e. The molecule has 0 bridgehead atoms. The third-order valence-corrected chi connectivity index (χ3v) is 3.96. The number of carbonyl (C=O) groups is 1. The van der Waals surface area contributed by atoms with Gasteiger partial charge in [0, 0.05) is 18.2 Å². The number of rotatable bonds is 6. The van der Waals surface area contributed by atoms with Crippen LogP contribution in [0.4, 0.5) is 5.69 Å². The lowest BCUT2D eigenvalue weighted by Gasteiger charge is -2.16. The summed E-state index contributed by atoms with van der Waals surface area (Å²) in [5.41, 5.74) is 1.79. The molecular formula is C21H21NO3. The van der Waals surface area contributed by atoms with E-state index in [1.165, 1.54) is 0 Å². The highest BCUT2D eigenvalue weighted by Crippen LogP contribution is 2.26. The van der Waals surface area contributed by atoms with Gasteiger partial charge >= 0.3 is 0 Å². The molecule has 0 saturated carbocycles. The van der Waals surface area contributed by atoms with Gasteiger partial charge in [-0.3, -0.25) is 4.79 Å². The van der Waals surface area contributed by atoms with Gasteiger partial charge in [-0.2, -0.15) is 0 Å². The highest BCUT2D eigenvalue weighted by Gasteiger charge is 2.16. The van der Waals surface area contributed by atoms with Crippen LogP contribution in [-0.2, 0) is 16.1 Å². The summed E-state index contributed by atoms with van der Waals surface area (Å²) >= 11 is 0. The van der Waals surface area contributed by atoms with Crippen LogP contribution in [0, 0.1) is 0 Å². The minimum Gasteiger partial charge on any atom is -0.480 e. The quantitative estimate of drug-likeness (QED) is 0.726. The minimum absolute atomic E-state index is 0.188. The van der Waals surface area contributed by atoms with Crippen molar-refractivity contribution in [3.8, 4) is 5.75 Å². The van der Waals surface area contributed by atoms with Crippen molar-refractivity contribution in [2.75, 3.05) is 12.4 Å². The zero-order valence-electron chi connectivity index (χ0n) is 14.4. The van der Waals surface area contributed by atoms with Gasteiger partial charge in [-0.05, 0) is 36.1 Å². The van der Waals surface area contributed by atoms with Crippen LogP contribution in [0.1, 0.15) is 12.5 Å². The summed E-state index contributed by atoms with van der Waals surface area (Å²) in [6, 6.07) is 21.4. The number of benzene rings is 3. The summed E-state index contributed by atoms with van der Waals surface area (Å²) in [5.74, 6) is 0.517. The molecule has 3 aromatic rings. The zero-order valence-corrected chi connectivity index (χ0v) is 14.4. The molecule has 0 aliphatic rings. The fraction of sp³-hybridized carbons (Fsp3) is 0.190. The average Bonchev–Trinajstić information content (AvgIpc) is 2.64. The summed E-state index contributed by atoms with van der Waals surface area (Å²) in [6.45, 7) is 2.30. The first-order valence-electron chi connectivity index (χ1n) is 8.20. The molecule has 0 aromatic heterocycles. The molecule has 128 valence electrons. The summed E-state index contributed by atoms with van der Waals surface area (Å²) in [4.78, 5) is 12.4. The summed E-state index contributed by atoms with van der Waals surface area (Å²) in [6.07, 6.45) is -0.607. The SMILES string of the molecule is COCc1ccc(NC(=O)C(C)Oc2cccc3ccccc23)cc1. The third-order valence-electron chi connectivity index (χ3n) is 3.96. The number of amides is 1. The van der Waals surface area contributed by atoms with Crippen molar-refractivity contribution in [2.24, 2.45) is 0 Å². The van der Waals surface area contributed by atoms with Gasteiger partial charge in [0.1, 0.15) is 5.75 Å². The van der Waals surface area contributed by atoms with Crippen LogP contribution >= 0.6 is 0 Å². The first-order valence-corrected chi connectivity index (χ1v) is 8.20. The average molecular weight is 335 g/mol. The monoisotopic (exact) mass is 335 g/mol. The smallest absolute Gasteiger partial charge is 0.265 e. The highest BCUT2D eigenvalue weighted by atomic mass is 16.5. The highest BCUT2D eigenvalue weighted by molar-refractivity contribution is 5.95. The molecule has 0 spiro atoms.